The largest absolute Gasteiger partial charge is 0.493 e. The summed E-state index contributed by atoms with van der Waals surface area (Å²) in [6, 6.07) is 3.93. The molecule has 8 heteroatoms. The number of nitrogens with one attached hydrogen (secondary N) is 1. The van der Waals surface area contributed by atoms with Crippen LogP contribution >= 0.6 is 0 Å². The molecule has 32 heavy (non-hydrogen) atoms. The number of ether oxygens (including phenoxy) is 3. The third-order valence-electron chi connectivity index (χ3n) is 5.68. The molecule has 1 N–H and O–H groups in total. The van der Waals surface area contributed by atoms with Crippen LogP contribution in [0.1, 0.15) is 50.4 Å². The van der Waals surface area contributed by atoms with Crippen LogP contribution in [0.5, 0.6) is 17.2 Å². The Kier molecular flexibility index (Phi) is 7.77. The minimum atomic E-state index is -0.150. The van der Waals surface area contributed by atoms with Crippen LogP contribution in [0, 0.1) is 5.92 Å². The normalized spacial score (nSPS) is 16.1. The molecule has 1 aliphatic heterocycles. The molecule has 174 valence electrons. The average molecular weight is 443 g/mol. The number of hydrogen-bond donors (Lipinski definition) is 1. The lowest BCUT2D eigenvalue weighted by atomic mass is 10.0. The fraction of sp³-hybridized carbons (Fsp3) is 0.542. The Bertz CT molecular complexity index is 923. The van der Waals surface area contributed by atoms with Gasteiger partial charge < -0.3 is 24.4 Å². The summed E-state index contributed by atoms with van der Waals surface area (Å²) in [7, 11) is 4.72. The van der Waals surface area contributed by atoms with Gasteiger partial charge in [-0.1, -0.05) is 13.8 Å². The van der Waals surface area contributed by atoms with Crippen molar-refractivity contribution in [3.05, 3.63) is 23.9 Å². The fourth-order valence-electron chi connectivity index (χ4n) is 3.91. The van der Waals surface area contributed by atoms with Crippen LogP contribution < -0.4 is 24.4 Å². The Morgan fingerprint density at radius 3 is 2.41 bits per heavy atom. The van der Waals surface area contributed by atoms with E-state index in [1.165, 1.54) is 6.42 Å². The summed E-state index contributed by atoms with van der Waals surface area (Å²) in [5, 5.41) is 3.00. The van der Waals surface area contributed by atoms with Crippen molar-refractivity contribution in [2.45, 2.75) is 46.1 Å². The highest BCUT2D eigenvalue weighted by molar-refractivity contribution is 5.99. The van der Waals surface area contributed by atoms with Gasteiger partial charge in [-0.2, -0.15) is 0 Å². The van der Waals surface area contributed by atoms with Crippen molar-refractivity contribution in [3.63, 3.8) is 0 Å². The second kappa shape index (κ2) is 10.5. The molecule has 0 saturated carbocycles. The Hall–Kier alpha value is -3.03. The van der Waals surface area contributed by atoms with Crippen LogP contribution in [-0.2, 0) is 0 Å². The Morgan fingerprint density at radius 2 is 1.84 bits per heavy atom. The highest BCUT2D eigenvalue weighted by Crippen LogP contribution is 2.41. The van der Waals surface area contributed by atoms with E-state index in [1.54, 1.807) is 27.5 Å². The number of hydrogen-bond acceptors (Lipinski definition) is 7. The van der Waals surface area contributed by atoms with E-state index in [1.807, 2.05) is 12.1 Å². The van der Waals surface area contributed by atoms with E-state index in [0.29, 0.717) is 53.0 Å². The van der Waals surface area contributed by atoms with Gasteiger partial charge in [0.25, 0.3) is 5.91 Å². The Balaban J connectivity index is 2.09. The van der Waals surface area contributed by atoms with Crippen molar-refractivity contribution in [2.24, 2.45) is 5.92 Å². The van der Waals surface area contributed by atoms with E-state index in [0.717, 1.165) is 24.9 Å². The molecule has 1 atom stereocenters. The number of aromatic nitrogens is 2. The molecule has 0 spiro atoms. The van der Waals surface area contributed by atoms with Crippen molar-refractivity contribution in [3.8, 4) is 28.6 Å². The molecule has 3 rings (SSSR count). The lowest BCUT2D eigenvalue weighted by Gasteiger charge is -2.35. The number of benzene rings is 1. The SMILES string of the molecule is COc1cc(-c2ncc(C(=O)NCC(C)C)c(N3CCCC[C@@H]3C)n2)cc(OC)c1OC. The average Bonchev–Trinajstić information content (AvgIpc) is 2.81. The minimum Gasteiger partial charge on any atom is -0.493 e. The maximum Gasteiger partial charge on any atom is 0.256 e. The summed E-state index contributed by atoms with van der Waals surface area (Å²) < 4.78 is 16.4. The summed E-state index contributed by atoms with van der Waals surface area (Å²) >= 11 is 0. The van der Waals surface area contributed by atoms with Gasteiger partial charge in [-0.05, 0) is 44.2 Å². The Labute approximate surface area is 190 Å². The fourth-order valence-corrected chi connectivity index (χ4v) is 3.91. The third-order valence-corrected chi connectivity index (χ3v) is 5.68. The molecule has 1 fully saturated rings. The van der Waals surface area contributed by atoms with Gasteiger partial charge in [0.15, 0.2) is 17.3 Å². The zero-order valence-electron chi connectivity index (χ0n) is 19.9. The van der Waals surface area contributed by atoms with Gasteiger partial charge in [0.1, 0.15) is 11.4 Å². The number of carbonyl (C=O) groups excluding carboxylic acids is 1. The van der Waals surface area contributed by atoms with Crippen LogP contribution in [0.15, 0.2) is 18.3 Å². The first-order chi connectivity index (χ1) is 15.4. The summed E-state index contributed by atoms with van der Waals surface area (Å²) in [4.78, 5) is 24.6. The number of methoxy groups -OCH3 is 3. The van der Waals surface area contributed by atoms with Gasteiger partial charge in [0.05, 0.1) is 21.3 Å². The van der Waals surface area contributed by atoms with Crippen LogP contribution in [0.2, 0.25) is 0 Å². The predicted molar refractivity (Wildman–Crippen MR) is 125 cm³/mol. The maximum atomic E-state index is 13.0. The second-order valence-corrected chi connectivity index (χ2v) is 8.49. The zero-order valence-corrected chi connectivity index (χ0v) is 19.9. The van der Waals surface area contributed by atoms with Gasteiger partial charge in [-0.15, -0.1) is 0 Å². The molecule has 0 unspecified atom stereocenters. The van der Waals surface area contributed by atoms with E-state index in [2.05, 4.69) is 36.0 Å². The monoisotopic (exact) mass is 442 g/mol. The highest BCUT2D eigenvalue weighted by Gasteiger charge is 2.26. The van der Waals surface area contributed by atoms with E-state index in [4.69, 9.17) is 19.2 Å². The number of nitrogens with zero attached hydrogens (tertiary/aromatic N) is 3. The number of rotatable bonds is 8. The van der Waals surface area contributed by atoms with E-state index in [9.17, 15) is 4.79 Å². The Morgan fingerprint density at radius 1 is 1.16 bits per heavy atom. The molecule has 0 bridgehead atoms. The molecule has 0 radical (unpaired) electrons. The van der Waals surface area contributed by atoms with Gasteiger partial charge in [0.2, 0.25) is 5.75 Å². The predicted octanol–water partition coefficient (Wildman–Crippen LogP) is 3.93. The summed E-state index contributed by atoms with van der Waals surface area (Å²) in [5.41, 5.74) is 1.22. The highest BCUT2D eigenvalue weighted by atomic mass is 16.5. The standard InChI is InChI=1S/C24H34N4O4/c1-15(2)13-26-24(29)18-14-25-22(27-23(18)28-10-8-7-9-16(28)3)17-11-19(30-4)21(32-6)20(12-17)31-5/h11-12,14-16H,7-10,13H2,1-6H3,(H,26,29)/t16-/m0/s1. The van der Waals surface area contributed by atoms with Crippen LogP contribution in [-0.4, -0.2) is 56.3 Å². The quantitative estimate of drug-likeness (QED) is 0.663. The molecule has 1 aromatic carbocycles. The van der Waals surface area contributed by atoms with Gasteiger partial charge in [-0.3, -0.25) is 4.79 Å². The lowest BCUT2D eigenvalue weighted by Crippen LogP contribution is -2.40. The molecule has 1 aromatic heterocycles. The first-order valence-corrected chi connectivity index (χ1v) is 11.1. The molecule has 2 aromatic rings. The summed E-state index contributed by atoms with van der Waals surface area (Å²) in [5.74, 6) is 2.93. The van der Waals surface area contributed by atoms with Crippen LogP contribution in [0.25, 0.3) is 11.4 Å². The zero-order chi connectivity index (χ0) is 23.3. The van der Waals surface area contributed by atoms with Crippen molar-refractivity contribution in [1.82, 2.24) is 15.3 Å². The van der Waals surface area contributed by atoms with Crippen molar-refractivity contribution < 1.29 is 19.0 Å². The number of amides is 1. The van der Waals surface area contributed by atoms with Crippen LogP contribution in [0.3, 0.4) is 0 Å². The number of anilines is 1. The third kappa shape index (κ3) is 5.06. The molecule has 1 amide bonds. The van der Waals surface area contributed by atoms with Crippen molar-refractivity contribution >= 4 is 11.7 Å². The first kappa shape index (κ1) is 23.6. The van der Waals surface area contributed by atoms with E-state index in [-0.39, 0.29) is 5.91 Å². The first-order valence-electron chi connectivity index (χ1n) is 11.1. The summed E-state index contributed by atoms with van der Waals surface area (Å²) in [6.07, 6.45) is 4.94. The van der Waals surface area contributed by atoms with Gasteiger partial charge in [0, 0.05) is 30.9 Å². The molecule has 8 nitrogen and oxygen atoms in total. The number of carbonyl (C=O) groups is 1. The smallest absolute Gasteiger partial charge is 0.256 e. The van der Waals surface area contributed by atoms with E-state index < -0.39 is 0 Å². The lowest BCUT2D eigenvalue weighted by molar-refractivity contribution is 0.0948. The molecular formula is C24H34N4O4. The summed E-state index contributed by atoms with van der Waals surface area (Å²) in [6.45, 7) is 7.77. The molecular weight excluding hydrogens is 408 g/mol. The molecule has 1 aliphatic rings. The molecule has 2 heterocycles. The van der Waals surface area contributed by atoms with Gasteiger partial charge >= 0.3 is 0 Å². The molecule has 1 saturated heterocycles. The maximum absolute atomic E-state index is 13.0. The van der Waals surface area contributed by atoms with Crippen LogP contribution in [0.4, 0.5) is 5.82 Å². The number of piperidine rings is 1. The molecule has 0 aliphatic carbocycles. The van der Waals surface area contributed by atoms with Crippen molar-refractivity contribution in [1.29, 1.82) is 0 Å². The van der Waals surface area contributed by atoms with E-state index >= 15 is 0 Å². The van der Waals surface area contributed by atoms with Gasteiger partial charge in [-0.25, -0.2) is 9.97 Å². The topological polar surface area (TPSA) is 85.8 Å². The van der Waals surface area contributed by atoms with Crippen molar-refractivity contribution in [2.75, 3.05) is 39.3 Å². The second-order valence-electron chi connectivity index (χ2n) is 8.49. The minimum absolute atomic E-state index is 0.150.